The van der Waals surface area contributed by atoms with E-state index in [2.05, 4.69) is 50.0 Å². The molecule has 5 rings (SSSR count). The Morgan fingerprint density at radius 1 is 1.09 bits per heavy atom. The maximum absolute atomic E-state index is 12.2. The van der Waals surface area contributed by atoms with Crippen molar-refractivity contribution < 1.29 is 9.53 Å². The molecule has 4 heterocycles. The second-order valence-corrected chi connectivity index (χ2v) is 8.54. The molecule has 1 N–H and O–H groups in total. The average molecular weight is 442 g/mol. The lowest BCUT2D eigenvalue weighted by Crippen LogP contribution is -2.35. The molecule has 1 aliphatic heterocycles. The van der Waals surface area contributed by atoms with E-state index in [1.807, 2.05) is 18.3 Å². The van der Waals surface area contributed by atoms with Crippen LogP contribution >= 0.6 is 0 Å². The predicted molar refractivity (Wildman–Crippen MR) is 127 cm³/mol. The van der Waals surface area contributed by atoms with Gasteiger partial charge in [-0.1, -0.05) is 18.9 Å². The van der Waals surface area contributed by atoms with Gasteiger partial charge in [-0.15, -0.1) is 0 Å². The molecule has 7 heteroatoms. The first kappa shape index (κ1) is 21.5. The maximum atomic E-state index is 12.2. The molecule has 2 fully saturated rings. The van der Waals surface area contributed by atoms with Gasteiger partial charge in [-0.2, -0.15) is 0 Å². The molecule has 1 aliphatic carbocycles. The Labute approximate surface area is 193 Å². The van der Waals surface area contributed by atoms with Gasteiger partial charge in [0, 0.05) is 60.6 Å². The zero-order valence-electron chi connectivity index (χ0n) is 18.8. The highest BCUT2D eigenvalue weighted by atomic mass is 16.5. The Bertz CT molecular complexity index is 1220. The van der Waals surface area contributed by atoms with Crippen LogP contribution in [0.1, 0.15) is 42.3 Å². The van der Waals surface area contributed by atoms with Gasteiger partial charge in [0.25, 0.3) is 0 Å². The van der Waals surface area contributed by atoms with E-state index in [1.54, 1.807) is 12.4 Å². The van der Waals surface area contributed by atoms with Gasteiger partial charge < -0.3 is 10.1 Å². The van der Waals surface area contributed by atoms with Crippen LogP contribution in [0.25, 0.3) is 10.8 Å². The number of fused-ring (bicyclic) bond motifs is 1. The van der Waals surface area contributed by atoms with Crippen LogP contribution in [0.2, 0.25) is 0 Å². The second-order valence-electron chi connectivity index (χ2n) is 8.54. The number of hydrogen-bond donors (Lipinski definition) is 1. The second kappa shape index (κ2) is 9.65. The van der Waals surface area contributed by atoms with Crippen LogP contribution in [0, 0.1) is 17.8 Å². The smallest absolute Gasteiger partial charge is 0.228 e. The summed E-state index contributed by atoms with van der Waals surface area (Å²) in [5, 5.41) is 4.84. The number of amides is 1. The van der Waals surface area contributed by atoms with Gasteiger partial charge in [0.2, 0.25) is 5.91 Å². The summed E-state index contributed by atoms with van der Waals surface area (Å²) in [6, 6.07) is 5.94. The minimum atomic E-state index is 0.0422. The molecule has 3 aromatic heterocycles. The van der Waals surface area contributed by atoms with Gasteiger partial charge in [-0.3, -0.25) is 14.7 Å². The van der Waals surface area contributed by atoms with Gasteiger partial charge in [-0.05, 0) is 42.9 Å². The van der Waals surface area contributed by atoms with Crippen molar-refractivity contribution in [3.8, 4) is 11.8 Å². The topological polar surface area (TPSA) is 80.2 Å². The van der Waals surface area contributed by atoms with E-state index >= 15 is 0 Å². The fraction of sp³-hybridized carbons (Fsp3) is 0.385. The van der Waals surface area contributed by atoms with Crippen molar-refractivity contribution in [2.45, 2.75) is 32.7 Å². The van der Waals surface area contributed by atoms with Crippen molar-refractivity contribution in [2.24, 2.45) is 5.92 Å². The van der Waals surface area contributed by atoms with E-state index in [1.165, 1.54) is 5.56 Å². The van der Waals surface area contributed by atoms with Crippen molar-refractivity contribution in [3.63, 3.8) is 0 Å². The van der Waals surface area contributed by atoms with Crippen LogP contribution in [0.4, 0.5) is 5.82 Å². The van der Waals surface area contributed by atoms with Crippen molar-refractivity contribution in [1.82, 2.24) is 19.9 Å². The number of ether oxygens (including phenoxy) is 1. The quantitative estimate of drug-likeness (QED) is 0.613. The number of rotatable bonds is 5. The monoisotopic (exact) mass is 441 g/mol. The van der Waals surface area contributed by atoms with Crippen LogP contribution < -0.4 is 5.32 Å². The van der Waals surface area contributed by atoms with Crippen molar-refractivity contribution in [1.29, 1.82) is 0 Å². The van der Waals surface area contributed by atoms with Gasteiger partial charge in [0.15, 0.2) is 0 Å². The third-order valence-corrected chi connectivity index (χ3v) is 6.05. The van der Waals surface area contributed by atoms with E-state index in [4.69, 9.17) is 4.74 Å². The normalized spacial score (nSPS) is 16.3. The van der Waals surface area contributed by atoms with Crippen LogP contribution in [0.5, 0.6) is 0 Å². The number of nitrogens with zero attached hydrogens (tertiary/aromatic N) is 4. The molecule has 0 atom stereocenters. The molecule has 0 unspecified atom stereocenters. The lowest BCUT2D eigenvalue weighted by atomic mass is 10.1. The van der Waals surface area contributed by atoms with E-state index in [0.717, 1.165) is 74.1 Å². The largest absolute Gasteiger partial charge is 0.379 e. The lowest BCUT2D eigenvalue weighted by Gasteiger charge is -2.26. The summed E-state index contributed by atoms with van der Waals surface area (Å²) in [5.41, 5.74) is 3.65. The Morgan fingerprint density at radius 3 is 2.67 bits per heavy atom. The molecule has 0 radical (unpaired) electrons. The first-order chi connectivity index (χ1) is 16.2. The Balaban J connectivity index is 1.38. The summed E-state index contributed by atoms with van der Waals surface area (Å²) in [6.45, 7) is 6.42. The van der Waals surface area contributed by atoms with E-state index in [-0.39, 0.29) is 11.8 Å². The van der Waals surface area contributed by atoms with Crippen LogP contribution in [0.15, 0.2) is 36.8 Å². The minimum absolute atomic E-state index is 0.0422. The fourth-order valence-electron chi connectivity index (χ4n) is 3.95. The maximum Gasteiger partial charge on any atom is 0.228 e. The van der Waals surface area contributed by atoms with Crippen LogP contribution in [-0.4, -0.2) is 52.1 Å². The molecule has 7 nitrogen and oxygen atoms in total. The number of morpholine rings is 1. The molecule has 3 aromatic rings. The molecule has 1 saturated carbocycles. The molecule has 1 saturated heterocycles. The Morgan fingerprint density at radius 2 is 1.94 bits per heavy atom. The Kier molecular flexibility index (Phi) is 6.29. The van der Waals surface area contributed by atoms with E-state index in [9.17, 15) is 4.79 Å². The SMILES string of the molecule is CCc1ncc(C#Cc2ccc(CN3CCOCC3)cn2)c2cc(NC(=O)C3CC3)ncc12. The number of carbonyl (C=O) groups is 1. The molecule has 0 spiro atoms. The molecular weight excluding hydrogens is 414 g/mol. The third-order valence-electron chi connectivity index (χ3n) is 6.05. The first-order valence-electron chi connectivity index (χ1n) is 11.5. The summed E-state index contributed by atoms with van der Waals surface area (Å²) in [5.74, 6) is 7.12. The average Bonchev–Trinajstić information content (AvgIpc) is 3.70. The van der Waals surface area contributed by atoms with Crippen molar-refractivity contribution >= 4 is 22.5 Å². The van der Waals surface area contributed by atoms with Gasteiger partial charge in [0.05, 0.1) is 18.8 Å². The van der Waals surface area contributed by atoms with E-state index < -0.39 is 0 Å². The van der Waals surface area contributed by atoms with Crippen molar-refractivity contribution in [3.05, 3.63) is 59.3 Å². The summed E-state index contributed by atoms with van der Waals surface area (Å²) in [4.78, 5) is 28.1. The molecular formula is C26H27N5O2. The van der Waals surface area contributed by atoms with Crippen molar-refractivity contribution in [2.75, 3.05) is 31.6 Å². The first-order valence-corrected chi connectivity index (χ1v) is 11.5. The van der Waals surface area contributed by atoms with E-state index in [0.29, 0.717) is 11.5 Å². The molecule has 0 aromatic carbocycles. The van der Waals surface area contributed by atoms with Gasteiger partial charge in [0.1, 0.15) is 11.5 Å². The highest BCUT2D eigenvalue weighted by Gasteiger charge is 2.29. The number of hydrogen-bond acceptors (Lipinski definition) is 6. The number of pyridine rings is 3. The summed E-state index contributed by atoms with van der Waals surface area (Å²) < 4.78 is 5.41. The third kappa shape index (κ3) is 5.19. The molecule has 1 amide bonds. The summed E-state index contributed by atoms with van der Waals surface area (Å²) >= 11 is 0. The minimum Gasteiger partial charge on any atom is -0.379 e. The number of nitrogens with one attached hydrogen (secondary N) is 1. The lowest BCUT2D eigenvalue weighted by molar-refractivity contribution is -0.117. The summed E-state index contributed by atoms with van der Waals surface area (Å²) in [7, 11) is 0. The molecule has 33 heavy (non-hydrogen) atoms. The van der Waals surface area contributed by atoms with Crippen LogP contribution in [0.3, 0.4) is 0 Å². The number of anilines is 1. The zero-order chi connectivity index (χ0) is 22.6. The molecule has 168 valence electrons. The highest BCUT2D eigenvalue weighted by Crippen LogP contribution is 2.30. The number of aromatic nitrogens is 3. The Hall–Kier alpha value is -3.34. The molecule has 2 aliphatic rings. The summed E-state index contributed by atoms with van der Waals surface area (Å²) in [6.07, 6.45) is 8.19. The predicted octanol–water partition coefficient (Wildman–Crippen LogP) is 3.17. The van der Waals surface area contributed by atoms with Gasteiger partial charge >= 0.3 is 0 Å². The highest BCUT2D eigenvalue weighted by molar-refractivity contribution is 5.96. The van der Waals surface area contributed by atoms with Gasteiger partial charge in [-0.25, -0.2) is 9.97 Å². The number of aryl methyl sites for hydroxylation is 1. The fourth-order valence-corrected chi connectivity index (χ4v) is 3.95. The molecule has 0 bridgehead atoms. The number of carbonyl (C=O) groups excluding carboxylic acids is 1. The zero-order valence-corrected chi connectivity index (χ0v) is 18.8. The standard InChI is InChI=1S/C26H27N5O2/c1-2-24-23-16-29-25(30-26(32)19-4-5-19)13-22(23)20(15-28-24)6-8-21-7-3-18(14-27-21)17-31-9-11-33-12-10-31/h3,7,13-16,19H,2,4-5,9-12,17H2,1H3,(H,29,30,32). The van der Waals surface area contributed by atoms with Crippen LogP contribution in [-0.2, 0) is 22.5 Å².